The molecule has 0 radical (unpaired) electrons. The summed E-state index contributed by atoms with van der Waals surface area (Å²) >= 11 is 0. The molecule has 0 amide bonds. The highest BCUT2D eigenvalue weighted by Crippen LogP contribution is 2.11. The van der Waals surface area contributed by atoms with Crippen LogP contribution in [0.1, 0.15) is 31.4 Å². The second-order valence-electron chi connectivity index (χ2n) is 4.80. The van der Waals surface area contributed by atoms with Gasteiger partial charge in [-0.3, -0.25) is 0 Å². The second-order valence-corrected chi connectivity index (χ2v) is 4.80. The molecule has 0 aliphatic heterocycles. The molecule has 1 unspecified atom stereocenters. The van der Waals surface area contributed by atoms with Crippen LogP contribution < -0.4 is 5.32 Å². The van der Waals surface area contributed by atoms with Gasteiger partial charge in [0.1, 0.15) is 0 Å². The highest BCUT2D eigenvalue weighted by atomic mass is 14.9. The van der Waals surface area contributed by atoms with Gasteiger partial charge in [-0.1, -0.05) is 43.7 Å². The van der Waals surface area contributed by atoms with E-state index in [9.17, 15) is 0 Å². The molecule has 1 aromatic carbocycles. The molecule has 0 saturated heterocycles. The van der Waals surface area contributed by atoms with Gasteiger partial charge in [0.25, 0.3) is 0 Å². The van der Waals surface area contributed by atoms with Crippen molar-refractivity contribution in [3.05, 3.63) is 35.4 Å². The predicted molar refractivity (Wildman–Crippen MR) is 67.2 cm³/mol. The monoisotopic (exact) mass is 205 g/mol. The van der Waals surface area contributed by atoms with E-state index in [0.717, 1.165) is 12.3 Å². The Balaban J connectivity index is 2.54. The Morgan fingerprint density at radius 1 is 1.13 bits per heavy atom. The lowest BCUT2D eigenvalue weighted by molar-refractivity contribution is 0.441. The van der Waals surface area contributed by atoms with Gasteiger partial charge in [-0.05, 0) is 38.3 Å². The third-order valence-corrected chi connectivity index (χ3v) is 2.77. The predicted octanol–water partition coefficient (Wildman–Crippen LogP) is 3.17. The molecular formula is C14H23N. The summed E-state index contributed by atoms with van der Waals surface area (Å²) in [4.78, 5) is 0. The molecule has 1 atom stereocenters. The normalized spacial score (nSPS) is 13.1. The first-order valence-corrected chi connectivity index (χ1v) is 5.84. The zero-order valence-electron chi connectivity index (χ0n) is 10.4. The van der Waals surface area contributed by atoms with Gasteiger partial charge in [0.05, 0.1) is 0 Å². The smallest absolute Gasteiger partial charge is 0.0107 e. The number of rotatable bonds is 5. The van der Waals surface area contributed by atoms with E-state index in [-0.39, 0.29) is 0 Å². The van der Waals surface area contributed by atoms with Crippen molar-refractivity contribution in [2.75, 3.05) is 7.05 Å². The quantitative estimate of drug-likeness (QED) is 0.778. The van der Waals surface area contributed by atoms with Crippen molar-refractivity contribution in [1.82, 2.24) is 5.32 Å². The van der Waals surface area contributed by atoms with E-state index < -0.39 is 0 Å². The van der Waals surface area contributed by atoms with Crippen LogP contribution in [-0.2, 0) is 6.42 Å². The fraction of sp³-hybridized carbons (Fsp3) is 0.571. The Morgan fingerprint density at radius 2 is 1.73 bits per heavy atom. The number of benzene rings is 1. The van der Waals surface area contributed by atoms with Crippen LogP contribution >= 0.6 is 0 Å². The molecule has 1 nitrogen and oxygen atoms in total. The van der Waals surface area contributed by atoms with Gasteiger partial charge in [-0.25, -0.2) is 0 Å². The van der Waals surface area contributed by atoms with Crippen molar-refractivity contribution in [3.8, 4) is 0 Å². The van der Waals surface area contributed by atoms with Crippen molar-refractivity contribution >= 4 is 0 Å². The lowest BCUT2D eigenvalue weighted by atomic mass is 9.97. The van der Waals surface area contributed by atoms with Gasteiger partial charge in [-0.2, -0.15) is 0 Å². The van der Waals surface area contributed by atoms with E-state index in [2.05, 4.69) is 57.4 Å². The van der Waals surface area contributed by atoms with Gasteiger partial charge < -0.3 is 5.32 Å². The molecule has 0 bridgehead atoms. The molecule has 1 heteroatoms. The van der Waals surface area contributed by atoms with Crippen molar-refractivity contribution in [1.29, 1.82) is 0 Å². The van der Waals surface area contributed by atoms with Gasteiger partial charge >= 0.3 is 0 Å². The van der Waals surface area contributed by atoms with Crippen molar-refractivity contribution < 1.29 is 0 Å². The number of hydrogen-bond acceptors (Lipinski definition) is 1. The SMILES string of the molecule is CNC(Cc1ccc(C)cc1)CC(C)C. The lowest BCUT2D eigenvalue weighted by Gasteiger charge is -2.18. The Kier molecular flexibility index (Phi) is 4.83. The highest BCUT2D eigenvalue weighted by molar-refractivity contribution is 5.22. The standard InChI is InChI=1S/C14H23N/c1-11(2)9-14(15-4)10-13-7-5-12(3)6-8-13/h5-8,11,14-15H,9-10H2,1-4H3. The zero-order valence-corrected chi connectivity index (χ0v) is 10.4. The Hall–Kier alpha value is -0.820. The Bertz CT molecular complexity index is 274. The van der Waals surface area contributed by atoms with E-state index in [4.69, 9.17) is 0 Å². The van der Waals surface area contributed by atoms with E-state index in [0.29, 0.717) is 6.04 Å². The average Bonchev–Trinajstić information content (AvgIpc) is 2.19. The number of likely N-dealkylation sites (N-methyl/N-ethyl adjacent to an activating group) is 1. The van der Waals surface area contributed by atoms with E-state index in [1.165, 1.54) is 17.5 Å². The first-order chi connectivity index (χ1) is 7.11. The van der Waals surface area contributed by atoms with Crippen molar-refractivity contribution in [2.45, 2.75) is 39.7 Å². The molecule has 0 heterocycles. The van der Waals surface area contributed by atoms with Crippen LogP contribution in [0.2, 0.25) is 0 Å². The highest BCUT2D eigenvalue weighted by Gasteiger charge is 2.08. The van der Waals surface area contributed by atoms with Crippen LogP contribution in [-0.4, -0.2) is 13.1 Å². The molecule has 84 valence electrons. The third kappa shape index (κ3) is 4.48. The summed E-state index contributed by atoms with van der Waals surface area (Å²) in [6, 6.07) is 9.46. The van der Waals surface area contributed by atoms with Gasteiger partial charge in [0, 0.05) is 6.04 Å². The van der Waals surface area contributed by atoms with Crippen LogP contribution in [0.3, 0.4) is 0 Å². The summed E-state index contributed by atoms with van der Waals surface area (Å²) in [5.41, 5.74) is 2.77. The number of hydrogen-bond donors (Lipinski definition) is 1. The maximum atomic E-state index is 3.40. The topological polar surface area (TPSA) is 12.0 Å². The molecule has 1 aromatic rings. The lowest BCUT2D eigenvalue weighted by Crippen LogP contribution is -2.29. The molecule has 0 saturated carbocycles. The molecule has 0 aliphatic carbocycles. The fourth-order valence-corrected chi connectivity index (χ4v) is 1.88. The summed E-state index contributed by atoms with van der Waals surface area (Å²) in [6.45, 7) is 6.69. The van der Waals surface area contributed by atoms with Crippen LogP contribution in [0.25, 0.3) is 0 Å². The molecule has 15 heavy (non-hydrogen) atoms. The average molecular weight is 205 g/mol. The van der Waals surface area contributed by atoms with E-state index in [1.807, 2.05) is 0 Å². The minimum absolute atomic E-state index is 0.604. The van der Waals surface area contributed by atoms with Gasteiger partial charge in [0.15, 0.2) is 0 Å². The molecule has 1 N–H and O–H groups in total. The fourth-order valence-electron chi connectivity index (χ4n) is 1.88. The van der Waals surface area contributed by atoms with Gasteiger partial charge in [0.2, 0.25) is 0 Å². The summed E-state index contributed by atoms with van der Waals surface area (Å²) in [6.07, 6.45) is 2.37. The Morgan fingerprint density at radius 3 is 2.20 bits per heavy atom. The molecule has 0 aliphatic rings. The molecule has 1 rings (SSSR count). The first kappa shape index (κ1) is 12.3. The first-order valence-electron chi connectivity index (χ1n) is 5.84. The summed E-state index contributed by atoms with van der Waals surface area (Å²) in [7, 11) is 2.06. The van der Waals surface area contributed by atoms with Crippen LogP contribution in [0, 0.1) is 12.8 Å². The van der Waals surface area contributed by atoms with Crippen molar-refractivity contribution in [2.24, 2.45) is 5.92 Å². The summed E-state index contributed by atoms with van der Waals surface area (Å²) < 4.78 is 0. The summed E-state index contributed by atoms with van der Waals surface area (Å²) in [5, 5.41) is 3.40. The van der Waals surface area contributed by atoms with Crippen LogP contribution in [0.15, 0.2) is 24.3 Å². The third-order valence-electron chi connectivity index (χ3n) is 2.77. The van der Waals surface area contributed by atoms with E-state index >= 15 is 0 Å². The molecule has 0 fully saturated rings. The molecule has 0 aromatic heterocycles. The van der Waals surface area contributed by atoms with Gasteiger partial charge in [-0.15, -0.1) is 0 Å². The minimum Gasteiger partial charge on any atom is -0.317 e. The number of nitrogens with one attached hydrogen (secondary N) is 1. The minimum atomic E-state index is 0.604. The summed E-state index contributed by atoms with van der Waals surface area (Å²) in [5.74, 6) is 0.757. The zero-order chi connectivity index (χ0) is 11.3. The molecular weight excluding hydrogens is 182 g/mol. The van der Waals surface area contributed by atoms with Crippen LogP contribution in [0.4, 0.5) is 0 Å². The van der Waals surface area contributed by atoms with E-state index in [1.54, 1.807) is 0 Å². The van der Waals surface area contributed by atoms with Crippen molar-refractivity contribution in [3.63, 3.8) is 0 Å². The Labute approximate surface area is 93.9 Å². The largest absolute Gasteiger partial charge is 0.317 e. The maximum Gasteiger partial charge on any atom is 0.0107 e. The molecule has 0 spiro atoms. The maximum absolute atomic E-state index is 3.40. The van der Waals surface area contributed by atoms with Crippen LogP contribution in [0.5, 0.6) is 0 Å². The second kappa shape index (κ2) is 5.92. The number of aryl methyl sites for hydroxylation is 1.